The predicted molar refractivity (Wildman–Crippen MR) is 80.5 cm³/mol. The molecule has 0 heterocycles. The Morgan fingerprint density at radius 2 is 1.44 bits per heavy atom. The van der Waals surface area contributed by atoms with Gasteiger partial charge in [-0.1, -0.05) is 54.2 Å². The summed E-state index contributed by atoms with van der Waals surface area (Å²) in [7, 11) is 0. The van der Waals surface area contributed by atoms with E-state index in [9.17, 15) is 0 Å². The standard InChI is InChI=1S/2C8H16O/c1-5-8(4)9-6-7(2)3;1-4-6-7-9-8(3)5-2/h7H,4-6H2,1-3H3;3-7H2,1-2H3. The van der Waals surface area contributed by atoms with Crippen molar-refractivity contribution in [1.82, 2.24) is 0 Å². The highest BCUT2D eigenvalue weighted by Gasteiger charge is 1.93. The van der Waals surface area contributed by atoms with Crippen LogP contribution >= 0.6 is 0 Å². The molecule has 108 valence electrons. The Morgan fingerprint density at radius 3 is 1.83 bits per heavy atom. The zero-order valence-corrected chi connectivity index (χ0v) is 13.1. The third-order valence-corrected chi connectivity index (χ3v) is 2.21. The molecule has 0 amide bonds. The van der Waals surface area contributed by atoms with E-state index in [4.69, 9.17) is 9.47 Å². The lowest BCUT2D eigenvalue weighted by atomic mass is 10.2. The van der Waals surface area contributed by atoms with Crippen molar-refractivity contribution in [3.63, 3.8) is 0 Å². The Bertz CT molecular complexity index is 207. The molecule has 0 aromatic rings. The summed E-state index contributed by atoms with van der Waals surface area (Å²) in [5, 5.41) is 0. The molecule has 2 nitrogen and oxygen atoms in total. The van der Waals surface area contributed by atoms with Crippen LogP contribution in [0.5, 0.6) is 0 Å². The first kappa shape index (κ1) is 19.4. The minimum absolute atomic E-state index is 0.605. The van der Waals surface area contributed by atoms with E-state index in [1.54, 1.807) is 0 Å². The first-order valence-electron chi connectivity index (χ1n) is 7.08. The SMILES string of the molecule is C=C(CC)OCC(C)C.C=C(CC)OCCCC. The number of allylic oxidation sites excluding steroid dienone is 2. The van der Waals surface area contributed by atoms with E-state index in [0.29, 0.717) is 5.92 Å². The van der Waals surface area contributed by atoms with Gasteiger partial charge < -0.3 is 9.47 Å². The van der Waals surface area contributed by atoms with E-state index >= 15 is 0 Å². The third kappa shape index (κ3) is 17.5. The van der Waals surface area contributed by atoms with Crippen molar-refractivity contribution in [2.45, 2.75) is 60.3 Å². The third-order valence-electron chi connectivity index (χ3n) is 2.21. The molecule has 0 aliphatic heterocycles. The number of unbranched alkanes of at least 4 members (excludes halogenated alkanes) is 1. The minimum atomic E-state index is 0.605. The molecule has 0 aromatic heterocycles. The monoisotopic (exact) mass is 256 g/mol. The lowest BCUT2D eigenvalue weighted by molar-refractivity contribution is 0.174. The van der Waals surface area contributed by atoms with Gasteiger partial charge in [0, 0.05) is 12.8 Å². The number of hydrogen-bond acceptors (Lipinski definition) is 2. The molecule has 0 radical (unpaired) electrons. The molecule has 0 atom stereocenters. The Hall–Kier alpha value is -0.920. The van der Waals surface area contributed by atoms with Gasteiger partial charge in [0.25, 0.3) is 0 Å². The summed E-state index contributed by atoms with van der Waals surface area (Å²) >= 11 is 0. The molecule has 0 rings (SSSR count). The fourth-order valence-corrected chi connectivity index (χ4v) is 0.849. The van der Waals surface area contributed by atoms with Crippen LogP contribution in [0.4, 0.5) is 0 Å². The van der Waals surface area contributed by atoms with Crippen LogP contribution in [0.2, 0.25) is 0 Å². The summed E-state index contributed by atoms with van der Waals surface area (Å²) in [6.45, 7) is 19.6. The summed E-state index contributed by atoms with van der Waals surface area (Å²) in [4.78, 5) is 0. The van der Waals surface area contributed by atoms with Crippen LogP contribution in [-0.4, -0.2) is 13.2 Å². The lowest BCUT2D eigenvalue weighted by Crippen LogP contribution is -2.00. The second-order valence-corrected chi connectivity index (χ2v) is 4.69. The van der Waals surface area contributed by atoms with Crippen LogP contribution in [0.3, 0.4) is 0 Å². The maximum Gasteiger partial charge on any atom is 0.0899 e. The fourth-order valence-electron chi connectivity index (χ4n) is 0.849. The molecule has 0 N–H and O–H groups in total. The van der Waals surface area contributed by atoms with Gasteiger partial charge in [-0.2, -0.15) is 0 Å². The fraction of sp³-hybridized carbons (Fsp3) is 0.750. The highest BCUT2D eigenvalue weighted by atomic mass is 16.5. The number of rotatable bonds is 9. The van der Waals surface area contributed by atoms with Crippen LogP contribution in [-0.2, 0) is 9.47 Å². The van der Waals surface area contributed by atoms with Crippen molar-refractivity contribution in [3.8, 4) is 0 Å². The summed E-state index contributed by atoms with van der Waals surface area (Å²) in [5.41, 5.74) is 0. The average Bonchev–Trinajstić information content (AvgIpc) is 2.36. The van der Waals surface area contributed by atoms with E-state index in [0.717, 1.165) is 44.0 Å². The zero-order chi connectivity index (χ0) is 14.4. The summed E-state index contributed by atoms with van der Waals surface area (Å²) < 4.78 is 10.5. The molecule has 0 bridgehead atoms. The van der Waals surface area contributed by atoms with Crippen LogP contribution < -0.4 is 0 Å². The van der Waals surface area contributed by atoms with Gasteiger partial charge in [-0.15, -0.1) is 0 Å². The molecule has 0 fully saturated rings. The van der Waals surface area contributed by atoms with Gasteiger partial charge in [-0.25, -0.2) is 0 Å². The summed E-state index contributed by atoms with van der Waals surface area (Å²) in [6, 6.07) is 0. The van der Waals surface area contributed by atoms with Crippen molar-refractivity contribution in [1.29, 1.82) is 0 Å². The van der Waals surface area contributed by atoms with Gasteiger partial charge in [0.1, 0.15) is 0 Å². The maximum absolute atomic E-state index is 5.26. The van der Waals surface area contributed by atoms with Crippen LogP contribution in [0.15, 0.2) is 24.7 Å². The van der Waals surface area contributed by atoms with Crippen molar-refractivity contribution >= 4 is 0 Å². The van der Waals surface area contributed by atoms with Gasteiger partial charge in [-0.05, 0) is 12.3 Å². The molecule has 0 unspecified atom stereocenters. The second kappa shape index (κ2) is 14.1. The topological polar surface area (TPSA) is 18.5 Å². The average molecular weight is 256 g/mol. The zero-order valence-electron chi connectivity index (χ0n) is 13.1. The molecule has 2 heteroatoms. The van der Waals surface area contributed by atoms with E-state index < -0.39 is 0 Å². The Kier molecular flexibility index (Phi) is 15.3. The lowest BCUT2D eigenvalue weighted by Gasteiger charge is -2.08. The first-order chi connectivity index (χ1) is 8.47. The van der Waals surface area contributed by atoms with Crippen molar-refractivity contribution < 1.29 is 9.47 Å². The summed E-state index contributed by atoms with van der Waals surface area (Å²) in [5.74, 6) is 2.40. The van der Waals surface area contributed by atoms with E-state index in [-0.39, 0.29) is 0 Å². The van der Waals surface area contributed by atoms with Crippen LogP contribution in [0.25, 0.3) is 0 Å². The Morgan fingerprint density at radius 1 is 0.944 bits per heavy atom. The molecule has 18 heavy (non-hydrogen) atoms. The Balaban J connectivity index is 0. The van der Waals surface area contributed by atoms with Crippen LogP contribution in [0, 0.1) is 5.92 Å². The van der Waals surface area contributed by atoms with Gasteiger partial charge in [0.05, 0.1) is 24.7 Å². The van der Waals surface area contributed by atoms with Gasteiger partial charge in [-0.3, -0.25) is 0 Å². The molecule has 0 aromatic carbocycles. The van der Waals surface area contributed by atoms with Crippen molar-refractivity contribution in [2.75, 3.05) is 13.2 Å². The van der Waals surface area contributed by atoms with Crippen molar-refractivity contribution in [2.24, 2.45) is 5.92 Å². The Labute approximate surface area is 114 Å². The molecule has 0 aliphatic carbocycles. The normalized spacial score (nSPS) is 9.44. The molecule has 0 spiro atoms. The highest BCUT2D eigenvalue weighted by Crippen LogP contribution is 2.02. The highest BCUT2D eigenvalue weighted by molar-refractivity contribution is 4.79. The number of hydrogen-bond donors (Lipinski definition) is 0. The van der Waals surface area contributed by atoms with E-state index in [2.05, 4.69) is 33.9 Å². The largest absolute Gasteiger partial charge is 0.499 e. The molecular formula is C16H32O2. The van der Waals surface area contributed by atoms with Gasteiger partial charge in [0.2, 0.25) is 0 Å². The molecule has 0 aliphatic rings. The smallest absolute Gasteiger partial charge is 0.0899 e. The minimum Gasteiger partial charge on any atom is -0.499 e. The molecule has 0 saturated carbocycles. The predicted octanol–water partition coefficient (Wildman–Crippen LogP) is 5.31. The van der Waals surface area contributed by atoms with E-state index in [1.807, 2.05) is 13.8 Å². The van der Waals surface area contributed by atoms with Gasteiger partial charge >= 0.3 is 0 Å². The van der Waals surface area contributed by atoms with Crippen molar-refractivity contribution in [3.05, 3.63) is 24.7 Å². The maximum atomic E-state index is 5.26. The van der Waals surface area contributed by atoms with Crippen LogP contribution in [0.1, 0.15) is 60.3 Å². The van der Waals surface area contributed by atoms with Gasteiger partial charge in [0.15, 0.2) is 0 Å². The quantitative estimate of drug-likeness (QED) is 0.411. The summed E-state index contributed by atoms with van der Waals surface area (Å²) in [6.07, 6.45) is 4.19. The molecular weight excluding hydrogens is 224 g/mol. The van der Waals surface area contributed by atoms with E-state index in [1.165, 1.54) is 6.42 Å². The first-order valence-corrected chi connectivity index (χ1v) is 7.08. The molecule has 0 saturated heterocycles. The second-order valence-electron chi connectivity index (χ2n) is 4.69. The number of ether oxygens (including phenoxy) is 2.